The van der Waals surface area contributed by atoms with E-state index in [-0.39, 0.29) is 11.3 Å². The lowest BCUT2D eigenvalue weighted by Crippen LogP contribution is -2.47. The number of fused-ring (bicyclic) bond motifs is 1. The molecule has 0 amide bonds. The lowest BCUT2D eigenvalue weighted by atomic mass is 9.92. The monoisotopic (exact) mass is 495 g/mol. The van der Waals surface area contributed by atoms with Crippen molar-refractivity contribution in [2.24, 2.45) is 7.05 Å². The van der Waals surface area contributed by atoms with E-state index >= 15 is 0 Å². The second kappa shape index (κ2) is 11.2. The number of benzene rings is 1. The Kier molecular flexibility index (Phi) is 8.20. The van der Waals surface area contributed by atoms with E-state index in [2.05, 4.69) is 27.1 Å². The molecule has 2 aliphatic rings. The van der Waals surface area contributed by atoms with Gasteiger partial charge in [-0.05, 0) is 57.5 Å². The zero-order valence-electron chi connectivity index (χ0n) is 22.0. The molecule has 0 atom stereocenters. The highest BCUT2D eigenvalue weighted by atomic mass is 16.3. The minimum Gasteiger partial charge on any atom is -0.507 e. The van der Waals surface area contributed by atoms with Crippen LogP contribution in [0.2, 0.25) is 0 Å². The quantitative estimate of drug-likeness (QED) is 0.420. The van der Waals surface area contributed by atoms with Crippen LogP contribution in [0.25, 0.3) is 22.0 Å². The summed E-state index contributed by atoms with van der Waals surface area (Å²) in [6.07, 6.45) is 7.70. The molecule has 8 nitrogen and oxygen atoms in total. The van der Waals surface area contributed by atoms with E-state index in [0.717, 1.165) is 17.0 Å². The van der Waals surface area contributed by atoms with Crippen LogP contribution >= 0.6 is 0 Å². The number of aromatic hydroxyl groups is 1. The smallest absolute Gasteiger partial charge is 0.274 e. The molecule has 1 saturated heterocycles. The summed E-state index contributed by atoms with van der Waals surface area (Å²) in [6, 6.07) is 7.71. The lowest BCUT2D eigenvalue weighted by molar-refractivity contribution is 0.0786. The second-order valence-electron chi connectivity index (χ2n) is 10.7. The maximum Gasteiger partial charge on any atom is 0.274 e. The predicted molar refractivity (Wildman–Crippen MR) is 145 cm³/mol. The predicted octanol–water partition coefficient (Wildman–Crippen LogP) is 2.84. The summed E-state index contributed by atoms with van der Waals surface area (Å²) >= 11 is 0. The van der Waals surface area contributed by atoms with Crippen molar-refractivity contribution in [1.29, 1.82) is 0 Å². The Labute approximate surface area is 213 Å². The Bertz CT molecular complexity index is 1210. The molecule has 2 fully saturated rings. The fraction of sp³-hybridized carbons (Fsp3) is 0.536. The van der Waals surface area contributed by atoms with Gasteiger partial charge in [0.25, 0.3) is 5.56 Å². The Balaban J connectivity index is 0.000000187. The molecule has 0 radical (unpaired) electrons. The van der Waals surface area contributed by atoms with Crippen molar-refractivity contribution in [2.75, 3.05) is 46.3 Å². The molecular weight excluding hydrogens is 454 g/mol. The number of aryl methyl sites for hydroxylation is 1. The highest BCUT2D eigenvalue weighted by molar-refractivity contribution is 5.95. The molecular formula is C28H41N5O3. The van der Waals surface area contributed by atoms with Gasteiger partial charge < -0.3 is 30.0 Å². The highest BCUT2D eigenvalue weighted by Gasteiger charge is 2.22. The third-order valence-corrected chi connectivity index (χ3v) is 7.56. The minimum atomic E-state index is -1.01. The number of likely N-dealkylation sites (N-methyl/N-ethyl adjacent to an activating group) is 1. The molecule has 8 heteroatoms. The number of aromatic nitrogens is 2. The van der Waals surface area contributed by atoms with Crippen LogP contribution in [0.4, 0.5) is 0 Å². The standard InChI is InChI=1S/C17H18N2O3.C11H23N3/c1-17(2,22)10-4-5-14(20)12(8-10)13-9-19(3)16(21)15-11(13)6-7-18-15;1-13(11-3-2-4-11)9-10-14-7-5-12-6-8-14/h4-9,18,20,22H,1-3H3;11-12H,2-10H2,1H3. The molecule has 1 aliphatic carbocycles. The Morgan fingerprint density at radius 3 is 2.50 bits per heavy atom. The molecule has 1 aromatic carbocycles. The van der Waals surface area contributed by atoms with Gasteiger partial charge in [0.1, 0.15) is 11.3 Å². The molecule has 2 aromatic heterocycles. The molecule has 1 aliphatic heterocycles. The lowest BCUT2D eigenvalue weighted by Gasteiger charge is -2.36. The van der Waals surface area contributed by atoms with Gasteiger partial charge in [0.15, 0.2) is 0 Å². The first-order chi connectivity index (χ1) is 17.1. The average Bonchev–Trinajstić information content (AvgIpc) is 3.30. The fourth-order valence-corrected chi connectivity index (χ4v) is 4.86. The van der Waals surface area contributed by atoms with Gasteiger partial charge in [0.05, 0.1) is 5.60 Å². The first-order valence-corrected chi connectivity index (χ1v) is 13.0. The molecule has 196 valence electrons. The number of H-pyrrole nitrogens is 1. The number of hydrogen-bond donors (Lipinski definition) is 4. The third-order valence-electron chi connectivity index (χ3n) is 7.56. The maximum absolute atomic E-state index is 12.1. The molecule has 0 bridgehead atoms. The van der Waals surface area contributed by atoms with Crippen molar-refractivity contribution in [1.82, 2.24) is 24.7 Å². The van der Waals surface area contributed by atoms with Crippen molar-refractivity contribution in [2.45, 2.75) is 44.8 Å². The average molecular weight is 496 g/mol. The van der Waals surface area contributed by atoms with Crippen LogP contribution in [0.5, 0.6) is 5.75 Å². The highest BCUT2D eigenvalue weighted by Crippen LogP contribution is 2.36. The molecule has 1 saturated carbocycles. The maximum atomic E-state index is 12.1. The number of hydrogen-bond acceptors (Lipinski definition) is 6. The number of piperazine rings is 1. The zero-order valence-corrected chi connectivity index (χ0v) is 22.0. The summed E-state index contributed by atoms with van der Waals surface area (Å²) in [7, 11) is 3.95. The van der Waals surface area contributed by atoms with Crippen LogP contribution in [-0.2, 0) is 12.6 Å². The molecule has 0 spiro atoms. The van der Waals surface area contributed by atoms with Gasteiger partial charge in [-0.2, -0.15) is 0 Å². The van der Waals surface area contributed by atoms with Crippen LogP contribution < -0.4 is 10.9 Å². The van der Waals surface area contributed by atoms with Crippen molar-refractivity contribution in [3.8, 4) is 16.9 Å². The largest absolute Gasteiger partial charge is 0.507 e. The second-order valence-corrected chi connectivity index (χ2v) is 10.7. The number of aromatic amines is 1. The SMILES string of the molecule is CN(CCN1CCNCC1)C1CCC1.Cn1cc(-c2cc(C(C)(C)O)ccc2O)c2cc[nH]c2c1=O. The number of phenolic OH excluding ortho intramolecular Hbond substituents is 1. The summed E-state index contributed by atoms with van der Waals surface area (Å²) in [4.78, 5) is 20.2. The van der Waals surface area contributed by atoms with Crippen LogP contribution in [0, 0.1) is 0 Å². The number of nitrogens with one attached hydrogen (secondary N) is 2. The third kappa shape index (κ3) is 6.00. The van der Waals surface area contributed by atoms with E-state index in [4.69, 9.17) is 0 Å². The van der Waals surface area contributed by atoms with Crippen LogP contribution in [0.15, 0.2) is 41.5 Å². The van der Waals surface area contributed by atoms with E-state index in [1.807, 2.05) is 6.07 Å². The number of aliphatic hydroxyl groups is 1. The zero-order chi connectivity index (χ0) is 25.9. The normalized spacial score (nSPS) is 17.2. The summed E-state index contributed by atoms with van der Waals surface area (Å²) in [6.45, 7) is 10.7. The van der Waals surface area contributed by atoms with Gasteiger partial charge >= 0.3 is 0 Å². The van der Waals surface area contributed by atoms with E-state index in [1.54, 1.807) is 51.5 Å². The van der Waals surface area contributed by atoms with Gasteiger partial charge in [0.2, 0.25) is 0 Å². The molecule has 5 rings (SSSR count). The van der Waals surface area contributed by atoms with Crippen LogP contribution in [0.1, 0.15) is 38.7 Å². The molecule has 4 N–H and O–H groups in total. The minimum absolute atomic E-state index is 0.106. The molecule has 0 unspecified atom stereocenters. The first-order valence-electron chi connectivity index (χ1n) is 13.0. The fourth-order valence-electron chi connectivity index (χ4n) is 4.86. The van der Waals surface area contributed by atoms with Gasteiger partial charge in [0, 0.05) is 81.3 Å². The summed E-state index contributed by atoms with van der Waals surface area (Å²) in [5.41, 5.74) is 1.37. The van der Waals surface area contributed by atoms with Crippen LogP contribution in [-0.4, -0.2) is 81.9 Å². The van der Waals surface area contributed by atoms with Crippen molar-refractivity contribution in [3.05, 3.63) is 52.6 Å². The van der Waals surface area contributed by atoms with Gasteiger partial charge in [-0.25, -0.2) is 0 Å². The molecule has 36 heavy (non-hydrogen) atoms. The van der Waals surface area contributed by atoms with Crippen molar-refractivity contribution in [3.63, 3.8) is 0 Å². The first kappa shape index (κ1) is 26.4. The number of phenols is 1. The number of rotatable bonds is 6. The summed E-state index contributed by atoms with van der Waals surface area (Å²) in [5, 5.41) is 24.5. The Morgan fingerprint density at radius 1 is 1.14 bits per heavy atom. The molecule has 3 heterocycles. The van der Waals surface area contributed by atoms with Gasteiger partial charge in [-0.1, -0.05) is 12.5 Å². The van der Waals surface area contributed by atoms with Crippen molar-refractivity contribution < 1.29 is 10.2 Å². The van der Waals surface area contributed by atoms with Gasteiger partial charge in [-0.3, -0.25) is 9.69 Å². The van der Waals surface area contributed by atoms with E-state index in [9.17, 15) is 15.0 Å². The van der Waals surface area contributed by atoms with E-state index in [1.165, 1.54) is 63.1 Å². The number of nitrogens with zero attached hydrogens (tertiary/aromatic N) is 3. The Hall–Kier alpha value is -2.65. The number of pyridine rings is 1. The Morgan fingerprint density at radius 2 is 1.86 bits per heavy atom. The van der Waals surface area contributed by atoms with Gasteiger partial charge in [-0.15, -0.1) is 0 Å². The summed E-state index contributed by atoms with van der Waals surface area (Å²) in [5.74, 6) is 0.106. The van der Waals surface area contributed by atoms with Crippen LogP contribution in [0.3, 0.4) is 0 Å². The topological polar surface area (TPSA) is 96.8 Å². The van der Waals surface area contributed by atoms with Crippen molar-refractivity contribution >= 4 is 10.9 Å². The van der Waals surface area contributed by atoms with E-state index in [0.29, 0.717) is 16.6 Å². The summed E-state index contributed by atoms with van der Waals surface area (Å²) < 4.78 is 1.48. The molecule has 3 aromatic rings. The van der Waals surface area contributed by atoms with E-state index < -0.39 is 5.60 Å².